The van der Waals surface area contributed by atoms with Crippen LogP contribution in [0.3, 0.4) is 0 Å². The van der Waals surface area contributed by atoms with E-state index in [9.17, 15) is 0 Å². The van der Waals surface area contributed by atoms with Crippen LogP contribution in [-0.4, -0.2) is 6.85 Å². The quantitative estimate of drug-likeness (QED) is 0.167. The van der Waals surface area contributed by atoms with Crippen LogP contribution in [0.1, 0.15) is 94.9 Å². The standard InChI is InChI=1S/C56H50BNO/c1-54(2,3)39-31-45-50-44(34-55(4)28-14-15-29-56(45,55)5)52-51-41-20-12-13-21-48(41)59-49(51)33-43-42-30-38(36-18-10-7-11-19-36)24-27-47(42)58(57(53(43)52)46(50)32-39)40-25-22-37(23-26-40)35-16-8-6-9-17-35/h6-13,16-27,30-33,44H,14-15,28-29,34H2,1-5H3. The summed E-state index contributed by atoms with van der Waals surface area (Å²) in [7, 11) is 0. The lowest BCUT2D eigenvalue weighted by Crippen LogP contribution is -2.64. The molecule has 0 N–H and O–H groups in total. The Morgan fingerprint density at radius 3 is 2.03 bits per heavy atom. The molecule has 1 aromatic heterocycles. The van der Waals surface area contributed by atoms with Gasteiger partial charge in [-0.2, -0.15) is 0 Å². The third-order valence-corrected chi connectivity index (χ3v) is 15.5. The van der Waals surface area contributed by atoms with Crippen LogP contribution in [0.5, 0.6) is 0 Å². The van der Waals surface area contributed by atoms with Gasteiger partial charge < -0.3 is 9.23 Å². The minimum Gasteiger partial charge on any atom is -0.456 e. The third kappa shape index (κ3) is 4.94. The van der Waals surface area contributed by atoms with Crippen LogP contribution in [0.2, 0.25) is 0 Å². The average molecular weight is 764 g/mol. The monoisotopic (exact) mass is 763 g/mol. The van der Waals surface area contributed by atoms with Crippen LogP contribution in [0.25, 0.3) is 55.3 Å². The van der Waals surface area contributed by atoms with Gasteiger partial charge in [-0.3, -0.25) is 0 Å². The van der Waals surface area contributed by atoms with Crippen LogP contribution in [0.4, 0.5) is 11.4 Å². The number of anilines is 2. The predicted molar refractivity (Wildman–Crippen MR) is 249 cm³/mol. The third-order valence-electron chi connectivity index (χ3n) is 15.5. The van der Waals surface area contributed by atoms with E-state index in [1.165, 1.54) is 103 Å². The van der Waals surface area contributed by atoms with Gasteiger partial charge in [-0.15, -0.1) is 0 Å². The van der Waals surface area contributed by atoms with E-state index < -0.39 is 0 Å². The highest BCUT2D eigenvalue weighted by Crippen LogP contribution is 2.63. The number of hydrogen-bond acceptors (Lipinski definition) is 2. The molecule has 1 saturated carbocycles. The Morgan fingerprint density at radius 2 is 1.29 bits per heavy atom. The fraction of sp³-hybridized carbons (Fsp3) is 0.250. The van der Waals surface area contributed by atoms with Crippen LogP contribution in [0.15, 0.2) is 150 Å². The first-order valence-electron chi connectivity index (χ1n) is 21.9. The van der Waals surface area contributed by atoms with Crippen molar-refractivity contribution in [2.75, 3.05) is 4.81 Å². The minimum absolute atomic E-state index is 0.00690. The maximum Gasteiger partial charge on any atom is 0.329 e. The molecule has 3 heteroatoms. The predicted octanol–water partition coefficient (Wildman–Crippen LogP) is 13.8. The van der Waals surface area contributed by atoms with Crippen LogP contribution in [0, 0.1) is 5.41 Å². The zero-order valence-corrected chi connectivity index (χ0v) is 34.9. The van der Waals surface area contributed by atoms with Gasteiger partial charge >= 0.3 is 6.85 Å². The zero-order chi connectivity index (χ0) is 39.8. The highest BCUT2D eigenvalue weighted by Gasteiger charge is 2.57. The highest BCUT2D eigenvalue weighted by molar-refractivity contribution is 6.92. The van der Waals surface area contributed by atoms with Crippen LogP contribution < -0.4 is 15.7 Å². The summed E-state index contributed by atoms with van der Waals surface area (Å²) in [6.07, 6.45) is 6.27. The van der Waals surface area contributed by atoms with Gasteiger partial charge in [-0.1, -0.05) is 157 Å². The smallest absolute Gasteiger partial charge is 0.329 e. The van der Waals surface area contributed by atoms with E-state index in [4.69, 9.17) is 4.42 Å². The molecule has 2 aliphatic heterocycles. The van der Waals surface area contributed by atoms with E-state index in [0.29, 0.717) is 0 Å². The first-order chi connectivity index (χ1) is 28.6. The lowest BCUT2D eigenvalue weighted by molar-refractivity contribution is 0.0603. The maximum atomic E-state index is 6.95. The van der Waals surface area contributed by atoms with Crippen LogP contribution in [-0.2, 0) is 10.8 Å². The summed E-state index contributed by atoms with van der Waals surface area (Å²) in [5.74, 6) is 0.265. The molecular formula is C56H50BNO. The number of fused-ring (bicyclic) bond motifs is 10. The average Bonchev–Trinajstić information content (AvgIpc) is 3.63. The molecule has 288 valence electrons. The molecule has 7 aromatic carbocycles. The van der Waals surface area contributed by atoms with Gasteiger partial charge in [0.2, 0.25) is 0 Å². The van der Waals surface area contributed by atoms with E-state index in [1.54, 1.807) is 11.1 Å². The molecule has 1 fully saturated rings. The van der Waals surface area contributed by atoms with Gasteiger partial charge in [0.05, 0.1) is 0 Å². The Kier molecular flexibility index (Phi) is 7.37. The number of nitrogens with zero attached hydrogens (tertiary/aromatic N) is 1. The molecule has 0 radical (unpaired) electrons. The molecule has 0 saturated heterocycles. The van der Waals surface area contributed by atoms with Crippen molar-refractivity contribution in [3.05, 3.63) is 168 Å². The van der Waals surface area contributed by atoms with Gasteiger partial charge in [-0.25, -0.2) is 0 Å². The van der Waals surface area contributed by atoms with Gasteiger partial charge in [-0.05, 0) is 133 Å². The topological polar surface area (TPSA) is 16.4 Å². The molecule has 0 bridgehead atoms. The summed E-state index contributed by atoms with van der Waals surface area (Å²) in [5, 5.41) is 2.55. The van der Waals surface area contributed by atoms with Crippen molar-refractivity contribution in [2.45, 2.75) is 83.5 Å². The van der Waals surface area contributed by atoms with Gasteiger partial charge in [0.15, 0.2) is 0 Å². The van der Waals surface area contributed by atoms with Gasteiger partial charge in [0.1, 0.15) is 11.2 Å². The fourth-order valence-corrected chi connectivity index (χ4v) is 12.2. The van der Waals surface area contributed by atoms with Crippen molar-refractivity contribution in [3.8, 4) is 33.4 Å². The molecule has 59 heavy (non-hydrogen) atoms. The Hall–Kier alpha value is -5.80. The number of benzene rings is 7. The van der Waals surface area contributed by atoms with E-state index in [1.807, 2.05) is 0 Å². The molecule has 2 nitrogen and oxygen atoms in total. The Labute approximate surface area is 349 Å². The molecule has 0 spiro atoms. The summed E-state index contributed by atoms with van der Waals surface area (Å²) < 4.78 is 6.95. The molecule has 2 aliphatic carbocycles. The van der Waals surface area contributed by atoms with Crippen molar-refractivity contribution in [3.63, 3.8) is 0 Å². The molecule has 3 unspecified atom stereocenters. The van der Waals surface area contributed by atoms with E-state index in [-0.39, 0.29) is 29.0 Å². The van der Waals surface area contributed by atoms with E-state index in [0.717, 1.165) is 17.6 Å². The summed E-state index contributed by atoms with van der Waals surface area (Å²) in [4.78, 5) is 2.72. The van der Waals surface area contributed by atoms with Crippen molar-refractivity contribution >= 4 is 51.1 Å². The lowest BCUT2D eigenvalue weighted by Gasteiger charge is -2.59. The largest absolute Gasteiger partial charge is 0.456 e. The number of furan rings is 1. The second kappa shape index (κ2) is 12.4. The molecule has 4 aliphatic rings. The fourth-order valence-electron chi connectivity index (χ4n) is 12.2. The summed E-state index contributed by atoms with van der Waals surface area (Å²) in [5.41, 5.74) is 21.4. The molecule has 8 aromatic rings. The van der Waals surface area contributed by atoms with Crippen molar-refractivity contribution < 1.29 is 4.42 Å². The minimum atomic E-state index is -0.0143. The van der Waals surface area contributed by atoms with E-state index >= 15 is 0 Å². The molecular weight excluding hydrogens is 713 g/mol. The first kappa shape index (κ1) is 35.2. The van der Waals surface area contributed by atoms with Crippen molar-refractivity contribution in [1.82, 2.24) is 0 Å². The first-order valence-corrected chi connectivity index (χ1v) is 21.9. The Balaban J connectivity index is 1.23. The molecule has 3 atom stereocenters. The zero-order valence-electron chi connectivity index (χ0n) is 34.9. The molecule has 12 rings (SSSR count). The van der Waals surface area contributed by atoms with Crippen LogP contribution >= 0.6 is 0 Å². The summed E-state index contributed by atoms with van der Waals surface area (Å²) in [6.45, 7) is 12.5. The SMILES string of the molecule is CC(C)(C)c1cc2c3c(c1)C1(C)CCCCC1(C)CC3c1c3c(cc4oc5ccccc5c14)-c1cc(-c4ccccc4)ccc1N(c1ccc(-c4ccccc4)cc1)B23. The maximum absolute atomic E-state index is 6.95. The summed E-state index contributed by atoms with van der Waals surface area (Å²) >= 11 is 0. The number of rotatable bonds is 3. The Bertz CT molecular complexity index is 2990. The summed E-state index contributed by atoms with van der Waals surface area (Å²) in [6, 6.07) is 54.8. The molecule has 0 amide bonds. The number of para-hydroxylation sites is 1. The highest BCUT2D eigenvalue weighted by atomic mass is 16.3. The van der Waals surface area contributed by atoms with Crippen molar-refractivity contribution in [2.24, 2.45) is 5.41 Å². The Morgan fingerprint density at radius 1 is 0.627 bits per heavy atom. The number of hydrogen-bond donors (Lipinski definition) is 0. The van der Waals surface area contributed by atoms with E-state index in [2.05, 4.69) is 185 Å². The lowest BCUT2D eigenvalue weighted by atomic mass is 9.36. The normalized spacial score (nSPS) is 21.5. The van der Waals surface area contributed by atoms with Gasteiger partial charge in [0.25, 0.3) is 0 Å². The van der Waals surface area contributed by atoms with Gasteiger partial charge in [0, 0.05) is 33.6 Å². The second-order valence-electron chi connectivity index (χ2n) is 19.6. The second-order valence-corrected chi connectivity index (χ2v) is 19.6. The van der Waals surface area contributed by atoms with Crippen molar-refractivity contribution in [1.29, 1.82) is 0 Å². The molecule has 3 heterocycles.